The van der Waals surface area contributed by atoms with Gasteiger partial charge in [0.25, 0.3) is 6.47 Å². The maximum absolute atomic E-state index is 8.95. The minimum absolute atomic E-state index is 0. The summed E-state index contributed by atoms with van der Waals surface area (Å²) in [5.74, 6) is 0. The van der Waals surface area contributed by atoms with Crippen molar-refractivity contribution in [3.63, 3.8) is 0 Å². The molecule has 0 saturated carbocycles. The second-order valence-corrected chi connectivity index (χ2v) is 1.82. The first-order valence-corrected chi connectivity index (χ1v) is 3.14. The molecule has 0 amide bonds. The molecule has 0 aliphatic heterocycles. The molecule has 0 atom stereocenters. The van der Waals surface area contributed by atoms with Crippen molar-refractivity contribution in [2.75, 3.05) is 7.11 Å². The number of rotatable bonds is 1. The third-order valence-electron chi connectivity index (χ3n) is 0.939. The van der Waals surface area contributed by atoms with Crippen molar-refractivity contribution in [2.24, 2.45) is 0 Å². The van der Waals surface area contributed by atoms with Gasteiger partial charge in [0.15, 0.2) is 0 Å². The zero-order chi connectivity index (χ0) is 8.53. The molecule has 0 aliphatic rings. The van der Waals surface area contributed by atoms with Crippen LogP contribution < -0.4 is 18.9 Å². The Kier molecular flexibility index (Phi) is 11.6. The Morgan fingerprint density at radius 1 is 1.33 bits per heavy atom. The van der Waals surface area contributed by atoms with Crippen LogP contribution in [0.5, 0.6) is 0 Å². The van der Waals surface area contributed by atoms with E-state index in [4.69, 9.17) is 4.79 Å². The van der Waals surface area contributed by atoms with Gasteiger partial charge in [-0.25, -0.2) is 0 Å². The molecule has 0 bridgehead atoms. The van der Waals surface area contributed by atoms with Gasteiger partial charge in [-0.3, -0.25) is 4.79 Å². The monoisotopic (exact) mass is 158 g/mol. The summed E-state index contributed by atoms with van der Waals surface area (Å²) in [6, 6.07) is 9.87. The minimum Gasteiger partial charge on any atom is -0.471 e. The first-order valence-electron chi connectivity index (χ1n) is 3.14. The second-order valence-electron chi connectivity index (χ2n) is 1.82. The maximum atomic E-state index is 8.95. The Bertz CT molecular complexity index is 187. The molecule has 0 heterocycles. The number of ether oxygens (including phenoxy) is 1. The summed E-state index contributed by atoms with van der Waals surface area (Å²) in [7, 11) is 1.31. The van der Waals surface area contributed by atoms with Gasteiger partial charge in [-0.1, -0.05) is 6.07 Å². The molecule has 0 spiro atoms. The summed E-state index contributed by atoms with van der Waals surface area (Å²) in [5, 5.41) is 0. The molecular weight excluding hydrogens is 147 g/mol. The predicted octanol–water partition coefficient (Wildman–Crippen LogP) is -1.34. The molecular formula is C9H11LiO2. The molecule has 2 nitrogen and oxygen atoms in total. The van der Waals surface area contributed by atoms with E-state index in [1.807, 2.05) is 30.3 Å². The fraction of sp³-hybridized carbons (Fsp3) is 0.111. The molecule has 0 radical (unpaired) electrons. The van der Waals surface area contributed by atoms with Crippen LogP contribution in [0.3, 0.4) is 0 Å². The molecule has 0 unspecified atom stereocenters. The molecule has 0 saturated heterocycles. The van der Waals surface area contributed by atoms with Gasteiger partial charge in [0, 0.05) is 0 Å². The van der Waals surface area contributed by atoms with Crippen LogP contribution in [0.1, 0.15) is 5.56 Å². The van der Waals surface area contributed by atoms with E-state index in [-0.39, 0.29) is 18.9 Å². The van der Waals surface area contributed by atoms with Crippen molar-refractivity contribution in [1.82, 2.24) is 0 Å². The Balaban J connectivity index is 0. The van der Waals surface area contributed by atoms with Crippen molar-refractivity contribution >= 4 is 6.47 Å². The first-order chi connectivity index (χ1) is 5.31. The predicted molar refractivity (Wildman–Crippen MR) is 44.0 cm³/mol. The van der Waals surface area contributed by atoms with Gasteiger partial charge in [-0.05, 0) is 0 Å². The van der Waals surface area contributed by atoms with Crippen molar-refractivity contribution in [1.29, 1.82) is 0 Å². The standard InChI is InChI=1S/C7H7.C2H4O2.Li/c1-7-5-3-2-4-6-7;1-4-2-3;/h2-6H,1H2;2H,1H3;/q-1;;+1. The van der Waals surface area contributed by atoms with Gasteiger partial charge in [-0.15, -0.1) is 12.1 Å². The van der Waals surface area contributed by atoms with E-state index in [2.05, 4.69) is 11.7 Å². The van der Waals surface area contributed by atoms with Gasteiger partial charge in [0.1, 0.15) is 0 Å². The van der Waals surface area contributed by atoms with Crippen LogP contribution in [0, 0.1) is 6.92 Å². The third-order valence-corrected chi connectivity index (χ3v) is 0.939. The summed E-state index contributed by atoms with van der Waals surface area (Å²) in [4.78, 5) is 8.95. The van der Waals surface area contributed by atoms with Crippen LogP contribution in [-0.2, 0) is 9.53 Å². The number of carbonyl (C=O) groups excluding carboxylic acids is 1. The van der Waals surface area contributed by atoms with E-state index in [0.717, 1.165) is 5.56 Å². The molecule has 0 fully saturated rings. The smallest absolute Gasteiger partial charge is 0.471 e. The van der Waals surface area contributed by atoms with Crippen LogP contribution in [0.4, 0.5) is 0 Å². The summed E-state index contributed by atoms with van der Waals surface area (Å²) >= 11 is 0. The average molecular weight is 158 g/mol. The molecule has 1 aromatic rings. The Hall–Kier alpha value is -0.843. The number of benzene rings is 1. The zero-order valence-corrected chi connectivity index (χ0v) is 7.49. The summed E-state index contributed by atoms with van der Waals surface area (Å²) in [6.07, 6.45) is 0. The van der Waals surface area contributed by atoms with Crippen LogP contribution in [0.2, 0.25) is 0 Å². The van der Waals surface area contributed by atoms with Crippen LogP contribution in [0.25, 0.3) is 0 Å². The largest absolute Gasteiger partial charge is 1.00 e. The molecule has 0 aromatic heterocycles. The van der Waals surface area contributed by atoms with Gasteiger partial charge in [0.2, 0.25) is 0 Å². The van der Waals surface area contributed by atoms with Gasteiger partial charge < -0.3 is 4.74 Å². The van der Waals surface area contributed by atoms with E-state index in [1.165, 1.54) is 7.11 Å². The quantitative estimate of drug-likeness (QED) is 0.287. The van der Waals surface area contributed by atoms with Gasteiger partial charge in [0.05, 0.1) is 7.11 Å². The fourth-order valence-corrected chi connectivity index (χ4v) is 0.478. The van der Waals surface area contributed by atoms with Gasteiger partial charge in [-0.2, -0.15) is 24.6 Å². The number of hydrogen-bond donors (Lipinski definition) is 0. The molecule has 12 heavy (non-hydrogen) atoms. The van der Waals surface area contributed by atoms with E-state index in [0.29, 0.717) is 6.47 Å². The zero-order valence-electron chi connectivity index (χ0n) is 7.49. The van der Waals surface area contributed by atoms with Crippen LogP contribution >= 0.6 is 0 Å². The van der Waals surface area contributed by atoms with Crippen LogP contribution in [0.15, 0.2) is 30.3 Å². The fourth-order valence-electron chi connectivity index (χ4n) is 0.478. The number of hydrogen-bond acceptors (Lipinski definition) is 2. The summed E-state index contributed by atoms with van der Waals surface area (Å²) in [5.41, 5.74) is 1.07. The normalized spacial score (nSPS) is 6.75. The van der Waals surface area contributed by atoms with Crippen molar-refractivity contribution < 1.29 is 28.4 Å². The SMILES string of the molecule is COC=O.[CH2-]c1ccccc1.[Li+]. The van der Waals surface area contributed by atoms with E-state index in [1.54, 1.807) is 0 Å². The van der Waals surface area contributed by atoms with Crippen molar-refractivity contribution in [2.45, 2.75) is 0 Å². The molecule has 1 aromatic carbocycles. The van der Waals surface area contributed by atoms with Crippen molar-refractivity contribution in [3.05, 3.63) is 42.8 Å². The summed E-state index contributed by atoms with van der Waals surface area (Å²) < 4.78 is 3.86. The Morgan fingerprint density at radius 2 is 1.75 bits per heavy atom. The van der Waals surface area contributed by atoms with E-state index in [9.17, 15) is 0 Å². The summed E-state index contributed by atoms with van der Waals surface area (Å²) in [6.45, 7) is 4.10. The Labute approximate surface area is 85.1 Å². The molecule has 0 N–H and O–H groups in total. The Morgan fingerprint density at radius 3 is 1.92 bits per heavy atom. The average Bonchev–Trinajstić information content (AvgIpc) is 2.07. The van der Waals surface area contributed by atoms with E-state index >= 15 is 0 Å². The van der Waals surface area contributed by atoms with Gasteiger partial charge >= 0.3 is 18.9 Å². The van der Waals surface area contributed by atoms with Crippen molar-refractivity contribution in [3.8, 4) is 0 Å². The topological polar surface area (TPSA) is 26.3 Å². The van der Waals surface area contributed by atoms with Crippen LogP contribution in [-0.4, -0.2) is 13.6 Å². The first kappa shape index (κ1) is 13.7. The molecule has 3 heteroatoms. The molecule has 1 rings (SSSR count). The minimum atomic E-state index is 0. The second kappa shape index (κ2) is 10.2. The number of carbonyl (C=O) groups is 1. The third kappa shape index (κ3) is 9.16. The van der Waals surface area contributed by atoms with E-state index < -0.39 is 0 Å². The molecule has 0 aliphatic carbocycles. The number of methoxy groups -OCH3 is 1. The molecule has 60 valence electrons. The maximum Gasteiger partial charge on any atom is 1.00 e.